The van der Waals surface area contributed by atoms with E-state index in [4.69, 9.17) is 5.26 Å². The molecule has 1 aliphatic heterocycles. The second kappa shape index (κ2) is 3.99. The lowest BCUT2D eigenvalue weighted by Crippen LogP contribution is -2.20. The van der Waals surface area contributed by atoms with E-state index in [1.54, 1.807) is 0 Å². The first kappa shape index (κ1) is 12.5. The quantitative estimate of drug-likeness (QED) is 0.593. The predicted molar refractivity (Wildman–Crippen MR) is 66.4 cm³/mol. The van der Waals surface area contributed by atoms with Crippen LogP contribution in [0.25, 0.3) is 0 Å². The van der Waals surface area contributed by atoms with Gasteiger partial charge in [-0.05, 0) is 36.4 Å². The van der Waals surface area contributed by atoms with Crippen molar-refractivity contribution in [2.75, 3.05) is 0 Å². The van der Waals surface area contributed by atoms with Gasteiger partial charge in [-0.1, -0.05) is 0 Å². The summed E-state index contributed by atoms with van der Waals surface area (Å²) < 4.78 is 38.1. The van der Waals surface area contributed by atoms with E-state index in [0.717, 1.165) is 24.3 Å². The lowest BCUT2D eigenvalue weighted by Gasteiger charge is -2.18. The van der Waals surface area contributed by atoms with E-state index in [1.165, 1.54) is 12.1 Å². The van der Waals surface area contributed by atoms with Gasteiger partial charge in [-0.3, -0.25) is 4.79 Å². The summed E-state index contributed by atoms with van der Waals surface area (Å²) in [5.74, 6) is -1.24. The van der Waals surface area contributed by atoms with Gasteiger partial charge in [-0.15, -0.1) is 0 Å². The highest BCUT2D eigenvalue weighted by Gasteiger charge is 2.35. The normalized spacial score (nSPS) is 15.1. The fourth-order valence-corrected chi connectivity index (χ4v) is 3.84. The summed E-state index contributed by atoms with van der Waals surface area (Å²) in [6.45, 7) is 0. The Morgan fingerprint density at radius 2 is 1.75 bits per heavy atom. The molecule has 0 N–H and O–H groups in total. The Hall–Kier alpha value is -2.52. The second-order valence-corrected chi connectivity index (χ2v) is 6.18. The minimum absolute atomic E-state index is 0.0397. The summed E-state index contributed by atoms with van der Waals surface area (Å²) in [6.07, 6.45) is 0. The maximum atomic E-state index is 13.2. The number of carbonyl (C=O) groups is 1. The molecule has 0 aromatic heterocycles. The highest BCUT2D eigenvalue weighted by atomic mass is 32.2. The van der Waals surface area contributed by atoms with Gasteiger partial charge >= 0.3 is 0 Å². The monoisotopic (exact) mass is 287 g/mol. The Kier molecular flexibility index (Phi) is 2.49. The smallest absolute Gasteiger partial charge is 0.208 e. The lowest BCUT2D eigenvalue weighted by atomic mass is 10.0. The van der Waals surface area contributed by atoms with E-state index in [2.05, 4.69) is 0 Å². The fraction of sp³-hybridized carbons (Fsp3) is 0. The lowest BCUT2D eigenvalue weighted by molar-refractivity contribution is 0.103. The van der Waals surface area contributed by atoms with Crippen molar-refractivity contribution >= 4 is 15.6 Å². The molecule has 1 heterocycles. The van der Waals surface area contributed by atoms with E-state index in [0.29, 0.717) is 0 Å². The molecule has 98 valence electrons. The summed E-state index contributed by atoms with van der Waals surface area (Å²) in [5, 5.41) is 8.83. The summed E-state index contributed by atoms with van der Waals surface area (Å²) in [6, 6.07) is 8.60. The summed E-state index contributed by atoms with van der Waals surface area (Å²) in [7, 11) is -3.92. The Balaban J connectivity index is 2.41. The van der Waals surface area contributed by atoms with Crippen LogP contribution in [0.4, 0.5) is 4.39 Å². The van der Waals surface area contributed by atoms with Gasteiger partial charge < -0.3 is 0 Å². The molecule has 0 fully saturated rings. The minimum atomic E-state index is -3.92. The summed E-state index contributed by atoms with van der Waals surface area (Å²) >= 11 is 0. The first-order valence-electron chi connectivity index (χ1n) is 5.58. The highest BCUT2D eigenvalue weighted by Crippen LogP contribution is 2.35. The van der Waals surface area contributed by atoms with Crippen LogP contribution in [-0.2, 0) is 9.84 Å². The number of nitrogens with zero attached hydrogens (tertiary/aromatic N) is 1. The van der Waals surface area contributed by atoms with Crippen LogP contribution in [-0.4, -0.2) is 14.2 Å². The average molecular weight is 287 g/mol. The Morgan fingerprint density at radius 3 is 2.45 bits per heavy atom. The van der Waals surface area contributed by atoms with Gasteiger partial charge in [0.15, 0.2) is 5.78 Å². The molecule has 0 radical (unpaired) electrons. The molecule has 3 rings (SSSR count). The molecular weight excluding hydrogens is 281 g/mol. The number of halogens is 1. The van der Waals surface area contributed by atoms with E-state index in [-0.39, 0.29) is 26.5 Å². The van der Waals surface area contributed by atoms with Crippen LogP contribution < -0.4 is 0 Å². The molecule has 0 amide bonds. The van der Waals surface area contributed by atoms with Crippen LogP contribution in [0.1, 0.15) is 21.5 Å². The number of carbonyl (C=O) groups excluding carboxylic acids is 1. The number of benzene rings is 2. The maximum Gasteiger partial charge on any atom is 0.208 e. The van der Waals surface area contributed by atoms with E-state index < -0.39 is 21.4 Å². The number of rotatable bonds is 0. The molecule has 0 unspecified atom stereocenters. The maximum absolute atomic E-state index is 13.2. The van der Waals surface area contributed by atoms with Crippen molar-refractivity contribution in [3.63, 3.8) is 0 Å². The van der Waals surface area contributed by atoms with E-state index in [9.17, 15) is 17.6 Å². The minimum Gasteiger partial charge on any atom is -0.289 e. The molecular formula is C14H6FNO3S. The standard InChI is InChI=1S/C14H6FNO3S/c15-9-2-4-12-11(6-9)14(17)10-3-1-8(7-16)5-13(10)20(12,18)19/h1-6H. The Bertz CT molecular complexity index is 911. The van der Waals surface area contributed by atoms with Gasteiger partial charge in [0.25, 0.3) is 0 Å². The van der Waals surface area contributed by atoms with Crippen LogP contribution in [0.3, 0.4) is 0 Å². The molecule has 4 nitrogen and oxygen atoms in total. The number of ketones is 1. The van der Waals surface area contributed by atoms with Gasteiger partial charge in [0.05, 0.1) is 21.4 Å². The van der Waals surface area contributed by atoms with Gasteiger partial charge in [-0.25, -0.2) is 12.8 Å². The third-order valence-electron chi connectivity index (χ3n) is 3.12. The van der Waals surface area contributed by atoms with Crippen LogP contribution in [0, 0.1) is 17.1 Å². The zero-order valence-electron chi connectivity index (χ0n) is 9.92. The number of nitriles is 1. The first-order valence-corrected chi connectivity index (χ1v) is 7.07. The predicted octanol–water partition coefficient (Wildman–Crippen LogP) is 2.07. The third kappa shape index (κ3) is 1.57. The molecule has 20 heavy (non-hydrogen) atoms. The van der Waals surface area contributed by atoms with Crippen LogP contribution in [0.15, 0.2) is 46.2 Å². The molecule has 0 saturated heterocycles. The number of sulfone groups is 1. The topological polar surface area (TPSA) is 75.0 Å². The molecule has 2 aromatic rings. The van der Waals surface area contributed by atoms with Crippen molar-refractivity contribution in [3.05, 3.63) is 58.9 Å². The fourth-order valence-electron chi connectivity index (χ4n) is 2.18. The third-order valence-corrected chi connectivity index (χ3v) is 4.97. The van der Waals surface area contributed by atoms with Crippen molar-refractivity contribution in [2.24, 2.45) is 0 Å². The molecule has 0 atom stereocenters. The van der Waals surface area contributed by atoms with Crippen molar-refractivity contribution in [2.45, 2.75) is 9.79 Å². The summed E-state index contributed by atoms with van der Waals surface area (Å²) in [5.41, 5.74) is -0.0741. The van der Waals surface area contributed by atoms with Crippen molar-refractivity contribution in [1.29, 1.82) is 5.26 Å². The van der Waals surface area contributed by atoms with Crippen molar-refractivity contribution in [3.8, 4) is 6.07 Å². The average Bonchev–Trinajstić information content (AvgIpc) is 2.44. The number of hydrogen-bond acceptors (Lipinski definition) is 4. The zero-order valence-corrected chi connectivity index (χ0v) is 10.7. The Morgan fingerprint density at radius 1 is 1.00 bits per heavy atom. The van der Waals surface area contributed by atoms with Gasteiger partial charge in [0, 0.05) is 11.1 Å². The SMILES string of the molecule is N#Cc1ccc2c(c1)S(=O)(=O)c1ccc(F)cc1C2=O. The number of fused-ring (bicyclic) bond motifs is 2. The first-order chi connectivity index (χ1) is 9.45. The molecule has 6 heteroatoms. The van der Waals surface area contributed by atoms with E-state index in [1.807, 2.05) is 6.07 Å². The zero-order chi connectivity index (χ0) is 14.5. The molecule has 1 aliphatic rings. The number of hydrogen-bond donors (Lipinski definition) is 0. The molecule has 0 aliphatic carbocycles. The molecule has 0 saturated carbocycles. The van der Waals surface area contributed by atoms with Crippen LogP contribution in [0.5, 0.6) is 0 Å². The van der Waals surface area contributed by atoms with Gasteiger partial charge in [0.2, 0.25) is 9.84 Å². The second-order valence-electron chi connectivity index (χ2n) is 4.30. The van der Waals surface area contributed by atoms with Crippen molar-refractivity contribution < 1.29 is 17.6 Å². The van der Waals surface area contributed by atoms with E-state index >= 15 is 0 Å². The summed E-state index contributed by atoms with van der Waals surface area (Å²) in [4.78, 5) is 11.8. The molecule has 0 bridgehead atoms. The molecule has 2 aromatic carbocycles. The van der Waals surface area contributed by atoms with Crippen LogP contribution in [0.2, 0.25) is 0 Å². The highest BCUT2D eigenvalue weighted by molar-refractivity contribution is 7.91. The van der Waals surface area contributed by atoms with Gasteiger partial charge in [0.1, 0.15) is 5.82 Å². The Labute approximate surface area is 114 Å². The van der Waals surface area contributed by atoms with Crippen molar-refractivity contribution in [1.82, 2.24) is 0 Å². The van der Waals surface area contributed by atoms with Gasteiger partial charge in [-0.2, -0.15) is 5.26 Å². The largest absolute Gasteiger partial charge is 0.289 e. The van der Waals surface area contributed by atoms with Crippen LogP contribution >= 0.6 is 0 Å². The molecule has 0 spiro atoms.